The van der Waals surface area contributed by atoms with Gasteiger partial charge in [0.15, 0.2) is 0 Å². The lowest BCUT2D eigenvalue weighted by atomic mass is 9.31. The van der Waals surface area contributed by atoms with E-state index in [-0.39, 0.29) is 22.2 Å². The molecular weight excluding hydrogens is 821 g/mol. The van der Waals surface area contributed by atoms with Crippen LogP contribution in [0.5, 0.6) is 0 Å². The van der Waals surface area contributed by atoms with Crippen LogP contribution in [0.4, 0.5) is 0 Å². The van der Waals surface area contributed by atoms with Crippen LogP contribution in [0.15, 0.2) is 12.2 Å². The maximum absolute atomic E-state index is 13.4. The fourth-order valence-corrected chi connectivity index (χ4v) is 24.2. The van der Waals surface area contributed by atoms with Crippen molar-refractivity contribution in [3.8, 4) is 0 Å². The lowest BCUT2D eigenvalue weighted by Gasteiger charge is -2.74. The molecule has 10 fully saturated rings. The van der Waals surface area contributed by atoms with Crippen LogP contribution < -0.4 is 0 Å². The highest BCUT2D eigenvalue weighted by Crippen LogP contribution is 2.80. The Morgan fingerprint density at radius 1 is 0.522 bits per heavy atom. The topological polar surface area (TPSA) is 44.8 Å². The molecule has 0 aliphatic heterocycles. The van der Waals surface area contributed by atoms with Crippen molar-refractivity contribution in [2.75, 3.05) is 21.3 Å². The first-order valence-corrected chi connectivity index (χ1v) is 29.0. The lowest BCUT2D eigenvalue weighted by molar-refractivity contribution is -0.265. The Bertz CT molecular complexity index is 1900. The number of hydrogen-bond donors (Lipinski definition) is 0. The number of rotatable bonds is 5. The fourth-order valence-electron chi connectivity index (χ4n) is 24.2. The smallest absolute Gasteiger partial charge is 0.312 e. The molecule has 10 saturated carbocycles. The predicted octanol–water partition coefficient (Wildman–Crippen LogP) is 16.6. The first-order valence-electron chi connectivity index (χ1n) is 29.0. The molecule has 0 bridgehead atoms. The molecule has 0 saturated heterocycles. The van der Waals surface area contributed by atoms with Gasteiger partial charge in [0, 0.05) is 14.2 Å². The number of carbonyl (C=O) groups is 1. The Balaban J connectivity index is 0.000000169. The Morgan fingerprint density at radius 3 is 1.75 bits per heavy atom. The molecule has 0 aromatic rings. The highest BCUT2D eigenvalue weighted by molar-refractivity contribution is 5.78. The average molecular weight is 928 g/mol. The van der Waals surface area contributed by atoms with Crippen LogP contribution in [-0.2, 0) is 19.0 Å². The zero-order valence-electron chi connectivity index (χ0n) is 47.0. The van der Waals surface area contributed by atoms with Gasteiger partial charge >= 0.3 is 5.97 Å². The Hall–Kier alpha value is -0.870. The van der Waals surface area contributed by atoms with Crippen LogP contribution in [-0.4, -0.2) is 39.5 Å². The van der Waals surface area contributed by atoms with Crippen LogP contribution in [0, 0.1) is 119 Å². The number of methoxy groups -OCH3 is 3. The molecule has 10 aliphatic rings. The molecule has 0 aromatic carbocycles. The van der Waals surface area contributed by atoms with E-state index in [0.29, 0.717) is 67.9 Å². The SMILES string of the molecule is C=C(C)[C@@H]1CCC2(C(=O)OC)CC[C@]3(C)C(CCC4[C@@]5(C)CCC(OC)C(C)(C)C5CC[C@]43C)C12.COC1CC[C@@]2(C)C(CC[C@@]3(C)C4CC[C@@]5(C)CC[C@@H](C(C)C)C5C4CC[C@@]32C)C1(C)C. The summed E-state index contributed by atoms with van der Waals surface area (Å²) < 4.78 is 17.6. The monoisotopic (exact) mass is 927 g/mol. The van der Waals surface area contributed by atoms with Crippen molar-refractivity contribution < 1.29 is 19.0 Å². The summed E-state index contributed by atoms with van der Waals surface area (Å²) in [7, 11) is 5.48. The summed E-state index contributed by atoms with van der Waals surface area (Å²) in [6.07, 6.45) is 27.3. The highest BCUT2D eigenvalue weighted by Gasteiger charge is 2.74. The summed E-state index contributed by atoms with van der Waals surface area (Å²) in [6.45, 7) is 40.7. The summed E-state index contributed by atoms with van der Waals surface area (Å²) in [5, 5.41) is 0. The van der Waals surface area contributed by atoms with Crippen molar-refractivity contribution in [1.29, 1.82) is 0 Å². The molecule has 67 heavy (non-hydrogen) atoms. The Morgan fingerprint density at radius 2 is 1.12 bits per heavy atom. The fraction of sp³-hybridized carbons (Fsp3) is 0.952. The van der Waals surface area contributed by atoms with E-state index in [1.165, 1.54) is 115 Å². The summed E-state index contributed by atoms with van der Waals surface area (Å²) >= 11 is 0. The Labute approximate surface area is 413 Å². The number of ether oxygens (including phenoxy) is 3. The van der Waals surface area contributed by atoms with E-state index in [2.05, 4.69) is 104 Å². The number of allylic oxidation sites excluding steroid dienone is 1. The van der Waals surface area contributed by atoms with Crippen LogP contribution in [0.2, 0.25) is 0 Å². The first kappa shape index (κ1) is 51.0. The molecule has 0 amide bonds. The van der Waals surface area contributed by atoms with Crippen LogP contribution in [0.3, 0.4) is 0 Å². The second-order valence-electron chi connectivity index (χ2n) is 30.2. The van der Waals surface area contributed by atoms with Gasteiger partial charge in [0.1, 0.15) is 0 Å². The van der Waals surface area contributed by atoms with Gasteiger partial charge in [-0.05, 0) is 249 Å². The second-order valence-corrected chi connectivity index (χ2v) is 30.2. The molecule has 0 N–H and O–H groups in total. The minimum Gasteiger partial charge on any atom is -0.469 e. The lowest BCUT2D eigenvalue weighted by Crippen LogP contribution is -2.68. The van der Waals surface area contributed by atoms with E-state index in [1.807, 2.05) is 14.2 Å². The van der Waals surface area contributed by atoms with E-state index >= 15 is 0 Å². The standard InChI is InChI=1S/C32H52O3.C31H54O/c1-20(2)21-12-17-32(27(33)35-9)19-18-30(6)22(26(21)32)10-11-24-29(5)15-14-25(34-8)28(3,4)23(29)13-16-31(24,30)7;1-20(2)21-10-15-28(5)16-12-23-22(26(21)28)11-19-31(8)29(23,6)17-13-24-27(3,4)25(32-9)14-18-30(24,31)7/h21-26H,1,10-19H2,2-9H3;20-26H,10-19H2,1-9H3/t21-,22?,23?,24?,25?,26?,29-,30+,31+,32?;21-,22?,23?,24?,25?,26?,28+,29-,30-,31-/m00/s1. The molecule has 0 aromatic heterocycles. The molecular formula is C63H106O4. The Kier molecular flexibility index (Phi) is 12.6. The summed E-state index contributed by atoms with van der Waals surface area (Å²) in [5.41, 5.74) is 4.57. The number of esters is 1. The molecule has 4 heteroatoms. The highest BCUT2D eigenvalue weighted by atomic mass is 16.5. The van der Waals surface area contributed by atoms with Gasteiger partial charge in [-0.2, -0.15) is 0 Å². The van der Waals surface area contributed by atoms with Crippen molar-refractivity contribution in [2.45, 2.75) is 238 Å². The summed E-state index contributed by atoms with van der Waals surface area (Å²) in [6, 6.07) is 0. The first-order chi connectivity index (χ1) is 31.2. The molecule has 0 heterocycles. The summed E-state index contributed by atoms with van der Waals surface area (Å²) in [5.74, 6) is 8.56. The van der Waals surface area contributed by atoms with Gasteiger partial charge in [-0.3, -0.25) is 4.79 Å². The maximum atomic E-state index is 13.4. The maximum Gasteiger partial charge on any atom is 0.312 e. The van der Waals surface area contributed by atoms with E-state index in [9.17, 15) is 4.79 Å². The quantitative estimate of drug-likeness (QED) is 0.204. The van der Waals surface area contributed by atoms with Crippen molar-refractivity contribution in [1.82, 2.24) is 0 Å². The van der Waals surface area contributed by atoms with Gasteiger partial charge in [0.05, 0.1) is 24.7 Å². The zero-order chi connectivity index (χ0) is 48.9. The molecule has 0 radical (unpaired) electrons. The molecule has 20 atom stereocenters. The average Bonchev–Trinajstić information content (AvgIpc) is 3.84. The van der Waals surface area contributed by atoms with Gasteiger partial charge in [-0.25, -0.2) is 0 Å². The number of fused-ring (bicyclic) bond motifs is 14. The van der Waals surface area contributed by atoms with Gasteiger partial charge < -0.3 is 14.2 Å². The number of carbonyl (C=O) groups excluding carboxylic acids is 1. The van der Waals surface area contributed by atoms with E-state index in [4.69, 9.17) is 14.2 Å². The third-order valence-electron chi connectivity index (χ3n) is 28.0. The van der Waals surface area contributed by atoms with Crippen molar-refractivity contribution in [3.63, 3.8) is 0 Å². The zero-order valence-corrected chi connectivity index (χ0v) is 47.0. The normalized spacial score (nSPS) is 54.5. The molecule has 10 rings (SSSR count). The molecule has 382 valence electrons. The molecule has 11 unspecified atom stereocenters. The van der Waals surface area contributed by atoms with Crippen LogP contribution >= 0.6 is 0 Å². The minimum absolute atomic E-state index is 0.0656. The van der Waals surface area contributed by atoms with Crippen molar-refractivity contribution in [2.24, 2.45) is 119 Å². The van der Waals surface area contributed by atoms with Crippen molar-refractivity contribution >= 4 is 5.97 Å². The third-order valence-corrected chi connectivity index (χ3v) is 28.0. The van der Waals surface area contributed by atoms with Gasteiger partial charge in [-0.1, -0.05) is 102 Å². The van der Waals surface area contributed by atoms with E-state index < -0.39 is 0 Å². The van der Waals surface area contributed by atoms with Gasteiger partial charge in [0.2, 0.25) is 0 Å². The van der Waals surface area contributed by atoms with Crippen molar-refractivity contribution in [3.05, 3.63) is 12.2 Å². The largest absolute Gasteiger partial charge is 0.469 e. The third kappa shape index (κ3) is 6.61. The van der Waals surface area contributed by atoms with Gasteiger partial charge in [0.25, 0.3) is 0 Å². The summed E-state index contributed by atoms with van der Waals surface area (Å²) in [4.78, 5) is 13.4. The van der Waals surface area contributed by atoms with Gasteiger partial charge in [-0.15, -0.1) is 0 Å². The van der Waals surface area contributed by atoms with E-state index in [0.717, 1.165) is 66.6 Å². The van der Waals surface area contributed by atoms with Crippen LogP contribution in [0.25, 0.3) is 0 Å². The predicted molar refractivity (Wildman–Crippen MR) is 277 cm³/mol. The molecule has 10 aliphatic carbocycles. The minimum atomic E-state index is -0.286. The van der Waals surface area contributed by atoms with E-state index in [1.54, 1.807) is 7.11 Å². The van der Waals surface area contributed by atoms with Crippen LogP contribution in [0.1, 0.15) is 225 Å². The number of hydrogen-bond acceptors (Lipinski definition) is 4. The molecule has 0 spiro atoms. The molecule has 4 nitrogen and oxygen atoms in total. The second kappa shape index (κ2) is 16.6.